The Morgan fingerprint density at radius 3 is 2.80 bits per heavy atom. The van der Waals surface area contributed by atoms with Gasteiger partial charge in [0.1, 0.15) is 0 Å². The fraction of sp³-hybridized carbons (Fsp3) is 0.857. The second kappa shape index (κ2) is 5.69. The molecule has 0 aromatic heterocycles. The second-order valence-corrected chi connectivity index (χ2v) is 6.09. The van der Waals surface area contributed by atoms with Gasteiger partial charge < -0.3 is 5.32 Å². The van der Waals surface area contributed by atoms with Gasteiger partial charge in [0.05, 0.1) is 12.3 Å². The molecule has 0 aliphatic carbocycles. The molecule has 15 heavy (non-hydrogen) atoms. The molecule has 0 bridgehead atoms. The van der Waals surface area contributed by atoms with Crippen LogP contribution in [0.4, 0.5) is 0 Å². The van der Waals surface area contributed by atoms with Crippen LogP contribution in [-0.2, 0) is 14.8 Å². The lowest BCUT2D eigenvalue weighted by molar-refractivity contribution is -0.122. The molecule has 3 N–H and O–H groups in total. The number of hydrogen-bond donors (Lipinski definition) is 3. The van der Waals surface area contributed by atoms with Crippen molar-refractivity contribution in [2.45, 2.75) is 6.04 Å². The van der Waals surface area contributed by atoms with E-state index in [9.17, 15) is 13.2 Å². The molecular formula is C7H15N3O3S2. The van der Waals surface area contributed by atoms with Gasteiger partial charge in [-0.2, -0.15) is 0 Å². The van der Waals surface area contributed by atoms with Crippen molar-refractivity contribution in [3.05, 3.63) is 0 Å². The van der Waals surface area contributed by atoms with Gasteiger partial charge in [0, 0.05) is 24.7 Å². The summed E-state index contributed by atoms with van der Waals surface area (Å²) in [4.78, 5) is 11.4. The maximum atomic E-state index is 11.4. The van der Waals surface area contributed by atoms with E-state index in [0.29, 0.717) is 6.54 Å². The lowest BCUT2D eigenvalue weighted by Crippen LogP contribution is -2.44. The summed E-state index contributed by atoms with van der Waals surface area (Å²) in [6.07, 6.45) is 1.09. The minimum absolute atomic E-state index is 0.0738. The minimum atomic E-state index is -3.16. The molecule has 1 fully saturated rings. The Bertz CT molecular complexity index is 311. The molecule has 1 saturated heterocycles. The van der Waals surface area contributed by atoms with Crippen LogP contribution in [0.2, 0.25) is 0 Å². The van der Waals surface area contributed by atoms with E-state index in [1.54, 1.807) is 11.8 Å². The highest BCUT2D eigenvalue weighted by molar-refractivity contribution is 7.99. The third-order valence-electron chi connectivity index (χ3n) is 1.82. The van der Waals surface area contributed by atoms with E-state index in [-0.39, 0.29) is 18.5 Å². The number of rotatable bonds is 5. The summed E-state index contributed by atoms with van der Waals surface area (Å²) >= 11 is 1.67. The van der Waals surface area contributed by atoms with Crippen LogP contribution < -0.4 is 15.4 Å². The van der Waals surface area contributed by atoms with Gasteiger partial charge in [-0.15, -0.1) is 11.8 Å². The number of sulfonamides is 1. The van der Waals surface area contributed by atoms with Gasteiger partial charge in [-0.05, 0) is 0 Å². The molecule has 1 aliphatic rings. The van der Waals surface area contributed by atoms with Crippen LogP contribution in [0.25, 0.3) is 0 Å². The molecule has 0 aromatic carbocycles. The Morgan fingerprint density at radius 1 is 1.53 bits per heavy atom. The average Bonchev–Trinajstić information content (AvgIpc) is 2.63. The topological polar surface area (TPSA) is 87.3 Å². The fourth-order valence-electron chi connectivity index (χ4n) is 1.11. The normalized spacial score (nSPS) is 21.5. The quantitative estimate of drug-likeness (QED) is 0.509. The summed E-state index contributed by atoms with van der Waals surface area (Å²) in [5, 5.41) is 5.68. The highest BCUT2D eigenvalue weighted by Gasteiger charge is 2.21. The zero-order valence-electron chi connectivity index (χ0n) is 8.45. The van der Waals surface area contributed by atoms with Crippen molar-refractivity contribution < 1.29 is 13.2 Å². The molecule has 0 saturated carbocycles. The highest BCUT2D eigenvalue weighted by atomic mass is 32.2. The van der Waals surface area contributed by atoms with Gasteiger partial charge in [-0.1, -0.05) is 0 Å². The Morgan fingerprint density at radius 2 is 2.27 bits per heavy atom. The van der Waals surface area contributed by atoms with Crippen molar-refractivity contribution in [1.29, 1.82) is 0 Å². The molecule has 0 unspecified atom stereocenters. The molecule has 0 spiro atoms. The van der Waals surface area contributed by atoms with E-state index in [4.69, 9.17) is 0 Å². The smallest absolute Gasteiger partial charge is 0.238 e. The average molecular weight is 253 g/mol. The second-order valence-electron chi connectivity index (χ2n) is 3.23. The minimum Gasteiger partial charge on any atom is -0.353 e. The largest absolute Gasteiger partial charge is 0.353 e. The summed E-state index contributed by atoms with van der Waals surface area (Å²) in [6, 6.07) is -0.145. The van der Waals surface area contributed by atoms with E-state index in [1.807, 2.05) is 0 Å². The molecule has 1 heterocycles. The maximum absolute atomic E-state index is 11.4. The summed E-state index contributed by atoms with van der Waals surface area (Å²) in [5.74, 6) is 1.49. The monoisotopic (exact) mass is 253 g/mol. The summed E-state index contributed by atoms with van der Waals surface area (Å²) in [5.41, 5.74) is 0. The zero-order valence-corrected chi connectivity index (χ0v) is 10.1. The molecule has 0 radical (unpaired) electrons. The van der Waals surface area contributed by atoms with Crippen molar-refractivity contribution in [3.8, 4) is 0 Å². The Kier molecular flexibility index (Phi) is 4.84. The summed E-state index contributed by atoms with van der Waals surface area (Å²) in [7, 11) is -3.16. The fourth-order valence-corrected chi connectivity index (χ4v) is 2.52. The first kappa shape index (κ1) is 12.8. The molecule has 88 valence electrons. The van der Waals surface area contributed by atoms with Crippen molar-refractivity contribution in [2.75, 3.05) is 31.0 Å². The number of carbonyl (C=O) groups is 1. The van der Waals surface area contributed by atoms with Gasteiger partial charge in [0.15, 0.2) is 0 Å². The van der Waals surface area contributed by atoms with E-state index in [2.05, 4.69) is 15.4 Å². The van der Waals surface area contributed by atoms with Gasteiger partial charge in [0.25, 0.3) is 0 Å². The first-order chi connectivity index (χ1) is 6.99. The molecule has 1 rings (SSSR count). The molecule has 0 aromatic rings. The van der Waals surface area contributed by atoms with Gasteiger partial charge in [-0.25, -0.2) is 13.1 Å². The van der Waals surface area contributed by atoms with Gasteiger partial charge >= 0.3 is 0 Å². The lowest BCUT2D eigenvalue weighted by atomic mass is 10.3. The first-order valence-corrected chi connectivity index (χ1v) is 7.57. The third kappa shape index (κ3) is 5.36. The van der Waals surface area contributed by atoms with Crippen LogP contribution in [0.1, 0.15) is 0 Å². The zero-order chi connectivity index (χ0) is 11.3. The van der Waals surface area contributed by atoms with Crippen molar-refractivity contribution in [3.63, 3.8) is 0 Å². The SMILES string of the molecule is CS(=O)(=O)NCCNC(=O)[C@H]1CSCN1. The number of hydrogen-bond acceptors (Lipinski definition) is 5. The first-order valence-electron chi connectivity index (χ1n) is 4.52. The van der Waals surface area contributed by atoms with Crippen LogP contribution in [0.5, 0.6) is 0 Å². The Balaban J connectivity index is 2.12. The van der Waals surface area contributed by atoms with Crippen molar-refractivity contribution in [1.82, 2.24) is 15.4 Å². The third-order valence-corrected chi connectivity index (χ3v) is 3.49. The van der Waals surface area contributed by atoms with Crippen LogP contribution in [0.3, 0.4) is 0 Å². The molecule has 1 aliphatic heterocycles. The van der Waals surface area contributed by atoms with Crippen LogP contribution in [0.15, 0.2) is 0 Å². The van der Waals surface area contributed by atoms with Gasteiger partial charge in [0.2, 0.25) is 15.9 Å². The number of amides is 1. The van der Waals surface area contributed by atoms with E-state index >= 15 is 0 Å². The lowest BCUT2D eigenvalue weighted by Gasteiger charge is -2.10. The Labute approximate surface area is 93.6 Å². The maximum Gasteiger partial charge on any atom is 0.238 e. The van der Waals surface area contributed by atoms with Crippen LogP contribution in [-0.4, -0.2) is 51.3 Å². The molecule has 6 nitrogen and oxygen atoms in total. The molecule has 1 atom stereocenters. The van der Waals surface area contributed by atoms with E-state index in [1.165, 1.54) is 0 Å². The van der Waals surface area contributed by atoms with Crippen molar-refractivity contribution >= 4 is 27.7 Å². The predicted octanol–water partition coefficient (Wildman–Crippen LogP) is -1.69. The number of carbonyl (C=O) groups excluding carboxylic acids is 1. The molecule has 8 heteroatoms. The molecular weight excluding hydrogens is 238 g/mol. The van der Waals surface area contributed by atoms with Gasteiger partial charge in [-0.3, -0.25) is 10.1 Å². The number of thioether (sulfide) groups is 1. The van der Waals surface area contributed by atoms with E-state index in [0.717, 1.165) is 17.9 Å². The Hall–Kier alpha value is -0.310. The van der Waals surface area contributed by atoms with E-state index < -0.39 is 10.0 Å². The van der Waals surface area contributed by atoms with Crippen LogP contribution >= 0.6 is 11.8 Å². The highest BCUT2D eigenvalue weighted by Crippen LogP contribution is 2.08. The summed E-state index contributed by atoms with van der Waals surface area (Å²) < 4.78 is 23.7. The van der Waals surface area contributed by atoms with Crippen LogP contribution in [0, 0.1) is 0 Å². The number of nitrogens with one attached hydrogen (secondary N) is 3. The van der Waals surface area contributed by atoms with Crippen molar-refractivity contribution in [2.24, 2.45) is 0 Å². The summed E-state index contributed by atoms with van der Waals surface area (Å²) in [6.45, 7) is 0.541. The standard InChI is InChI=1S/C7H15N3O3S2/c1-15(12,13)10-3-2-8-7(11)6-4-14-5-9-6/h6,9-10H,2-5H2,1H3,(H,8,11)/t6-/m1/s1. The predicted molar refractivity (Wildman–Crippen MR) is 60.1 cm³/mol. The molecule has 1 amide bonds.